The molecule has 0 amide bonds. The molecule has 1 aliphatic heterocycles. The summed E-state index contributed by atoms with van der Waals surface area (Å²) in [5, 5.41) is 0. The summed E-state index contributed by atoms with van der Waals surface area (Å²) in [6, 6.07) is 8.26. The van der Waals surface area contributed by atoms with E-state index in [9.17, 15) is 0 Å². The summed E-state index contributed by atoms with van der Waals surface area (Å²) in [7, 11) is 0. The fourth-order valence-corrected chi connectivity index (χ4v) is 3.75. The minimum atomic E-state index is 0.935. The van der Waals surface area contributed by atoms with Crippen molar-refractivity contribution in [3.8, 4) is 0 Å². The second kappa shape index (κ2) is 6.02. The van der Waals surface area contributed by atoms with E-state index >= 15 is 0 Å². The maximum atomic E-state index is 4.47. The number of H-pyrrole nitrogens is 3. The van der Waals surface area contributed by atoms with Crippen LogP contribution in [0.4, 0.5) is 5.69 Å². The van der Waals surface area contributed by atoms with Gasteiger partial charge < -0.3 is 15.0 Å². The maximum Gasteiger partial charge on any atom is 0.104 e. The van der Waals surface area contributed by atoms with Gasteiger partial charge in [-0.05, 0) is 57.5 Å². The first-order valence-electron chi connectivity index (χ1n) is 9.31. The summed E-state index contributed by atoms with van der Waals surface area (Å²) in [5.41, 5.74) is 9.76. The lowest BCUT2D eigenvalue weighted by Gasteiger charge is -1.95. The van der Waals surface area contributed by atoms with Crippen LogP contribution in [0.15, 0.2) is 29.3 Å². The highest BCUT2D eigenvalue weighted by atomic mass is 14.9. The molecule has 5 aromatic rings. The zero-order chi connectivity index (χ0) is 19.4. The molecule has 140 valence electrons. The fraction of sp³-hybridized carbons (Fsp3) is 0.238. The number of imidazole rings is 3. The Morgan fingerprint density at radius 2 is 1.14 bits per heavy atom. The van der Waals surface area contributed by atoms with Crippen LogP contribution in [0.5, 0.6) is 0 Å². The molecule has 4 heterocycles. The predicted octanol–water partition coefficient (Wildman–Crippen LogP) is 4.58. The molecule has 0 radical (unpaired) electrons. The highest BCUT2D eigenvalue weighted by Gasteiger charge is 2.13. The molecular weight excluding hydrogens is 350 g/mol. The quantitative estimate of drug-likeness (QED) is 0.372. The fourth-order valence-electron chi connectivity index (χ4n) is 3.75. The highest BCUT2D eigenvalue weighted by Crippen LogP contribution is 2.30. The number of nitrogens with one attached hydrogen (secondary N) is 3. The molecule has 0 aliphatic carbocycles. The molecule has 0 atom stereocenters. The summed E-state index contributed by atoms with van der Waals surface area (Å²) in [6.45, 7) is 7.94. The Labute approximate surface area is 161 Å². The maximum absolute atomic E-state index is 4.47. The molecule has 6 rings (SSSR count). The van der Waals surface area contributed by atoms with Gasteiger partial charge in [-0.15, -0.1) is 0 Å². The largest absolute Gasteiger partial charge is 0.342 e. The van der Waals surface area contributed by atoms with Gasteiger partial charge >= 0.3 is 0 Å². The van der Waals surface area contributed by atoms with E-state index in [2.05, 4.69) is 54.0 Å². The van der Waals surface area contributed by atoms with Crippen molar-refractivity contribution < 1.29 is 0 Å². The molecule has 7 nitrogen and oxygen atoms in total. The Morgan fingerprint density at radius 1 is 0.643 bits per heavy atom. The van der Waals surface area contributed by atoms with E-state index in [0.29, 0.717) is 0 Å². The van der Waals surface area contributed by atoms with Crippen LogP contribution in [0, 0.1) is 20.8 Å². The second-order valence-corrected chi connectivity index (χ2v) is 7.38. The second-order valence-electron chi connectivity index (χ2n) is 7.38. The zero-order valence-corrected chi connectivity index (χ0v) is 16.3. The molecule has 3 aromatic heterocycles. The monoisotopic (exact) mass is 371 g/mol. The van der Waals surface area contributed by atoms with E-state index < -0.39 is 0 Å². The number of aromatic nitrogens is 6. The van der Waals surface area contributed by atoms with Crippen LogP contribution < -0.4 is 0 Å². The number of nitrogens with zero attached hydrogens (tertiary/aromatic N) is 4. The lowest BCUT2D eigenvalue weighted by molar-refractivity contribution is 1.16. The van der Waals surface area contributed by atoms with Crippen molar-refractivity contribution in [2.75, 3.05) is 0 Å². The molecule has 0 unspecified atom stereocenters. The topological polar surface area (TPSA) is 98.4 Å². The first kappa shape index (κ1) is 16.7. The van der Waals surface area contributed by atoms with Gasteiger partial charge in [-0.3, -0.25) is 4.99 Å². The van der Waals surface area contributed by atoms with E-state index in [-0.39, 0.29) is 0 Å². The third-order valence-corrected chi connectivity index (χ3v) is 4.88. The van der Waals surface area contributed by atoms with Crippen LogP contribution in [-0.2, 0) is 6.42 Å². The number of hydrogen-bond acceptors (Lipinski definition) is 4. The molecule has 1 aliphatic rings. The third kappa shape index (κ3) is 2.85. The summed E-state index contributed by atoms with van der Waals surface area (Å²) < 4.78 is 0. The van der Waals surface area contributed by atoms with Gasteiger partial charge in [0.25, 0.3) is 0 Å². The van der Waals surface area contributed by atoms with Crippen molar-refractivity contribution in [3.05, 3.63) is 47.3 Å². The van der Waals surface area contributed by atoms with Crippen molar-refractivity contribution in [1.82, 2.24) is 29.9 Å². The van der Waals surface area contributed by atoms with Crippen molar-refractivity contribution in [1.29, 1.82) is 0 Å². The van der Waals surface area contributed by atoms with E-state index in [1.807, 2.05) is 32.9 Å². The average molecular weight is 371 g/mol. The molecular formula is C21H21N7. The first-order chi connectivity index (χ1) is 13.4. The van der Waals surface area contributed by atoms with Crippen molar-refractivity contribution in [3.63, 3.8) is 0 Å². The minimum Gasteiger partial charge on any atom is -0.342 e. The van der Waals surface area contributed by atoms with Crippen LogP contribution in [-0.4, -0.2) is 35.6 Å². The first-order valence-corrected chi connectivity index (χ1v) is 9.31. The van der Waals surface area contributed by atoms with Gasteiger partial charge in [0.2, 0.25) is 0 Å². The van der Waals surface area contributed by atoms with E-state index in [1.54, 1.807) is 0 Å². The van der Waals surface area contributed by atoms with Crippen molar-refractivity contribution in [2.45, 2.75) is 34.1 Å². The smallest absolute Gasteiger partial charge is 0.104 e. The van der Waals surface area contributed by atoms with Crippen LogP contribution in [0.3, 0.4) is 0 Å². The molecule has 7 heteroatoms. The number of aromatic amines is 3. The van der Waals surface area contributed by atoms with Gasteiger partial charge in [0.15, 0.2) is 0 Å². The number of rotatable bonds is 0. The molecule has 0 spiro atoms. The molecule has 0 saturated carbocycles. The Morgan fingerprint density at radius 3 is 1.71 bits per heavy atom. The minimum absolute atomic E-state index is 0.935. The number of fused-ring (bicyclic) bond motifs is 4. The molecule has 2 aromatic carbocycles. The Hall–Kier alpha value is -3.48. The highest BCUT2D eigenvalue weighted by molar-refractivity contribution is 5.95. The standard InChI is InChI=1S/C11H11N3.C10H10N4/c1-6-3-8-4-10-11(5-9(8)12-6)14-7(2)13-10;1-5-11-7-3-9-10(4-8(7)12-5)14-6(2)13-9/h4-5H,3H2,1-2H3,(H,13,14);3-4H,1-2H3,(H,11,12)(H,13,14). The zero-order valence-electron chi connectivity index (χ0n) is 16.3. The van der Waals surface area contributed by atoms with Crippen molar-refractivity contribution >= 4 is 44.5 Å². The van der Waals surface area contributed by atoms with Gasteiger partial charge in [-0.25, -0.2) is 15.0 Å². The van der Waals surface area contributed by atoms with Crippen LogP contribution in [0.1, 0.15) is 30.0 Å². The lowest BCUT2D eigenvalue weighted by Crippen LogP contribution is -1.88. The SMILES string of the molecule is CC1=Nc2cc3nc(C)[nH]c3cc2C1.Cc1nc2cc3nc(C)[nH]c3cc2[nH]1. The lowest BCUT2D eigenvalue weighted by atomic mass is 10.1. The van der Waals surface area contributed by atoms with E-state index in [4.69, 9.17) is 0 Å². The van der Waals surface area contributed by atoms with E-state index in [0.717, 1.165) is 62.7 Å². The van der Waals surface area contributed by atoms with Crippen LogP contribution >= 0.6 is 0 Å². The number of hydrogen-bond donors (Lipinski definition) is 3. The van der Waals surface area contributed by atoms with Gasteiger partial charge in [0.1, 0.15) is 17.5 Å². The Balaban J connectivity index is 0.000000122. The molecule has 28 heavy (non-hydrogen) atoms. The van der Waals surface area contributed by atoms with Gasteiger partial charge in [-0.2, -0.15) is 0 Å². The predicted molar refractivity (Wildman–Crippen MR) is 113 cm³/mol. The van der Waals surface area contributed by atoms with Gasteiger partial charge in [0, 0.05) is 12.1 Å². The molecule has 3 N–H and O–H groups in total. The van der Waals surface area contributed by atoms with Crippen LogP contribution in [0.25, 0.3) is 33.1 Å². The average Bonchev–Trinajstić information content (AvgIpc) is 3.33. The molecule has 0 saturated heterocycles. The van der Waals surface area contributed by atoms with Crippen LogP contribution in [0.2, 0.25) is 0 Å². The third-order valence-electron chi connectivity index (χ3n) is 4.88. The normalized spacial score (nSPS) is 13.1. The summed E-state index contributed by atoms with van der Waals surface area (Å²) >= 11 is 0. The Kier molecular flexibility index (Phi) is 3.58. The summed E-state index contributed by atoms with van der Waals surface area (Å²) in [6.07, 6.45) is 0.976. The number of benzene rings is 2. The van der Waals surface area contributed by atoms with Gasteiger partial charge in [0.05, 0.1) is 38.8 Å². The summed E-state index contributed by atoms with van der Waals surface area (Å²) in [4.78, 5) is 27.2. The molecule has 0 bridgehead atoms. The van der Waals surface area contributed by atoms with Gasteiger partial charge in [-0.1, -0.05) is 0 Å². The molecule has 0 fully saturated rings. The number of aryl methyl sites for hydroxylation is 3. The van der Waals surface area contributed by atoms with E-state index in [1.165, 1.54) is 11.3 Å². The van der Waals surface area contributed by atoms with Crippen molar-refractivity contribution in [2.24, 2.45) is 4.99 Å². The number of aliphatic imine (C=N–C) groups is 1. The Bertz CT molecular complexity index is 1280. The summed E-state index contributed by atoms with van der Waals surface area (Å²) in [5.74, 6) is 2.83.